The SMILES string of the molecule is Fc1cc(Br)cc(Oc2cnc3ccccc3n2)c1. The molecule has 0 aliphatic heterocycles. The van der Waals surface area contributed by atoms with Crippen LogP contribution in [-0.2, 0) is 0 Å². The summed E-state index contributed by atoms with van der Waals surface area (Å²) in [5.74, 6) is 0.325. The molecule has 0 fully saturated rings. The van der Waals surface area contributed by atoms with Crippen molar-refractivity contribution in [2.45, 2.75) is 0 Å². The number of benzene rings is 2. The van der Waals surface area contributed by atoms with Gasteiger partial charge in [-0.1, -0.05) is 28.1 Å². The van der Waals surface area contributed by atoms with Crippen molar-refractivity contribution >= 4 is 27.0 Å². The van der Waals surface area contributed by atoms with Crippen LogP contribution in [0.15, 0.2) is 53.1 Å². The van der Waals surface area contributed by atoms with E-state index < -0.39 is 0 Å². The molecule has 19 heavy (non-hydrogen) atoms. The maximum atomic E-state index is 13.2. The zero-order chi connectivity index (χ0) is 13.2. The highest BCUT2D eigenvalue weighted by molar-refractivity contribution is 9.10. The van der Waals surface area contributed by atoms with Gasteiger partial charge in [-0.3, -0.25) is 0 Å². The highest BCUT2D eigenvalue weighted by Crippen LogP contribution is 2.25. The van der Waals surface area contributed by atoms with Gasteiger partial charge in [0.05, 0.1) is 17.2 Å². The van der Waals surface area contributed by atoms with E-state index >= 15 is 0 Å². The Morgan fingerprint density at radius 3 is 2.63 bits per heavy atom. The summed E-state index contributed by atoms with van der Waals surface area (Å²) in [6.07, 6.45) is 1.52. The standard InChI is InChI=1S/C14H8BrFN2O/c15-9-5-10(16)7-11(6-9)19-14-8-17-12-3-1-2-4-13(12)18-14/h1-8H. The third-order valence-corrected chi connectivity index (χ3v) is 2.94. The van der Waals surface area contributed by atoms with Crippen molar-refractivity contribution < 1.29 is 9.13 Å². The molecule has 0 amide bonds. The van der Waals surface area contributed by atoms with Crippen LogP contribution >= 0.6 is 15.9 Å². The van der Waals surface area contributed by atoms with Crippen LogP contribution in [0.5, 0.6) is 11.6 Å². The lowest BCUT2D eigenvalue weighted by atomic mass is 10.3. The van der Waals surface area contributed by atoms with Crippen molar-refractivity contribution in [2.75, 3.05) is 0 Å². The summed E-state index contributed by atoms with van der Waals surface area (Å²) in [7, 11) is 0. The van der Waals surface area contributed by atoms with Crippen molar-refractivity contribution in [3.63, 3.8) is 0 Å². The lowest BCUT2D eigenvalue weighted by molar-refractivity contribution is 0.457. The molecule has 0 aliphatic rings. The molecule has 0 saturated heterocycles. The summed E-state index contributed by atoms with van der Waals surface area (Å²) in [4.78, 5) is 8.54. The maximum absolute atomic E-state index is 13.2. The van der Waals surface area contributed by atoms with Gasteiger partial charge in [0.15, 0.2) is 0 Å². The first-order chi connectivity index (χ1) is 9.20. The highest BCUT2D eigenvalue weighted by Gasteiger charge is 2.04. The van der Waals surface area contributed by atoms with E-state index in [9.17, 15) is 4.39 Å². The summed E-state index contributed by atoms with van der Waals surface area (Å²) in [5.41, 5.74) is 1.52. The molecule has 0 N–H and O–H groups in total. The Labute approximate surface area is 117 Å². The quantitative estimate of drug-likeness (QED) is 0.705. The molecule has 0 spiro atoms. The molecule has 1 heterocycles. The van der Waals surface area contributed by atoms with Crippen LogP contribution in [0.3, 0.4) is 0 Å². The largest absolute Gasteiger partial charge is 0.437 e. The van der Waals surface area contributed by atoms with Crippen LogP contribution in [0.4, 0.5) is 4.39 Å². The van der Waals surface area contributed by atoms with Gasteiger partial charge in [-0.05, 0) is 24.3 Å². The summed E-state index contributed by atoms with van der Waals surface area (Å²) in [6, 6.07) is 11.8. The van der Waals surface area contributed by atoms with E-state index in [4.69, 9.17) is 4.74 Å². The van der Waals surface area contributed by atoms with Gasteiger partial charge in [0.1, 0.15) is 11.6 Å². The van der Waals surface area contributed by atoms with E-state index in [2.05, 4.69) is 25.9 Å². The molecule has 0 aliphatic carbocycles. The molecule has 2 aromatic carbocycles. The summed E-state index contributed by atoms with van der Waals surface area (Å²) < 4.78 is 19.3. The zero-order valence-electron chi connectivity index (χ0n) is 9.68. The van der Waals surface area contributed by atoms with Crippen LogP contribution in [0.2, 0.25) is 0 Å². The number of hydrogen-bond acceptors (Lipinski definition) is 3. The minimum absolute atomic E-state index is 0.330. The fourth-order valence-electron chi connectivity index (χ4n) is 1.70. The molecular formula is C14H8BrFN2O. The lowest BCUT2D eigenvalue weighted by Crippen LogP contribution is -1.91. The molecule has 0 unspecified atom stereocenters. The molecule has 0 bridgehead atoms. The molecule has 3 nitrogen and oxygen atoms in total. The second kappa shape index (κ2) is 4.93. The molecule has 1 aromatic heterocycles. The van der Waals surface area contributed by atoms with Crippen molar-refractivity contribution in [3.05, 3.63) is 59.0 Å². The normalized spacial score (nSPS) is 10.6. The third-order valence-electron chi connectivity index (χ3n) is 2.48. The average molecular weight is 319 g/mol. The third kappa shape index (κ3) is 2.71. The number of fused-ring (bicyclic) bond motifs is 1. The number of nitrogens with zero attached hydrogens (tertiary/aromatic N) is 2. The number of rotatable bonds is 2. The van der Waals surface area contributed by atoms with Crippen LogP contribution < -0.4 is 4.74 Å². The first kappa shape index (κ1) is 12.0. The fraction of sp³-hybridized carbons (Fsp3) is 0. The van der Waals surface area contributed by atoms with E-state index in [1.165, 1.54) is 18.3 Å². The Morgan fingerprint density at radius 1 is 1.05 bits per heavy atom. The van der Waals surface area contributed by atoms with Gasteiger partial charge in [-0.25, -0.2) is 14.4 Å². The van der Waals surface area contributed by atoms with Crippen LogP contribution in [0.1, 0.15) is 0 Å². The van der Waals surface area contributed by atoms with Gasteiger partial charge < -0.3 is 4.74 Å². The Hall–Kier alpha value is -2.01. The second-order valence-electron chi connectivity index (χ2n) is 3.90. The van der Waals surface area contributed by atoms with Gasteiger partial charge in [0.25, 0.3) is 0 Å². The number of para-hydroxylation sites is 2. The topological polar surface area (TPSA) is 35.0 Å². The highest BCUT2D eigenvalue weighted by atomic mass is 79.9. The predicted molar refractivity (Wildman–Crippen MR) is 73.7 cm³/mol. The number of aromatic nitrogens is 2. The maximum Gasteiger partial charge on any atom is 0.238 e. The monoisotopic (exact) mass is 318 g/mol. The van der Waals surface area contributed by atoms with Gasteiger partial charge in [-0.15, -0.1) is 0 Å². The van der Waals surface area contributed by atoms with E-state index in [-0.39, 0.29) is 5.82 Å². The number of halogens is 2. The fourth-order valence-corrected chi connectivity index (χ4v) is 2.14. The molecular weight excluding hydrogens is 311 g/mol. The van der Waals surface area contributed by atoms with E-state index in [1.54, 1.807) is 6.07 Å². The van der Waals surface area contributed by atoms with Gasteiger partial charge in [-0.2, -0.15) is 0 Å². The van der Waals surface area contributed by atoms with Crippen LogP contribution in [0, 0.1) is 5.82 Å². The zero-order valence-corrected chi connectivity index (χ0v) is 11.3. The Bertz CT molecular complexity index is 728. The van der Waals surface area contributed by atoms with Crippen LogP contribution in [0.25, 0.3) is 11.0 Å². The van der Waals surface area contributed by atoms with Crippen molar-refractivity contribution in [1.82, 2.24) is 9.97 Å². The summed E-state index contributed by atoms with van der Waals surface area (Å²) in [6.45, 7) is 0. The molecule has 0 radical (unpaired) electrons. The minimum Gasteiger partial charge on any atom is -0.437 e. The first-order valence-corrected chi connectivity index (χ1v) is 6.36. The smallest absolute Gasteiger partial charge is 0.238 e. The predicted octanol–water partition coefficient (Wildman–Crippen LogP) is 4.32. The van der Waals surface area contributed by atoms with E-state index in [1.807, 2.05) is 24.3 Å². The molecule has 0 atom stereocenters. The van der Waals surface area contributed by atoms with Gasteiger partial charge >= 0.3 is 0 Å². The molecule has 5 heteroatoms. The summed E-state index contributed by atoms with van der Waals surface area (Å²) in [5, 5.41) is 0. The summed E-state index contributed by atoms with van der Waals surface area (Å²) >= 11 is 3.21. The Morgan fingerprint density at radius 2 is 1.84 bits per heavy atom. The molecule has 94 valence electrons. The van der Waals surface area contributed by atoms with E-state index in [0.29, 0.717) is 16.1 Å². The van der Waals surface area contributed by atoms with Crippen molar-refractivity contribution in [2.24, 2.45) is 0 Å². The Kier molecular flexibility index (Phi) is 3.13. The Balaban J connectivity index is 1.96. The average Bonchev–Trinajstić information content (AvgIpc) is 2.37. The molecule has 0 saturated carbocycles. The van der Waals surface area contributed by atoms with E-state index in [0.717, 1.165) is 11.0 Å². The molecule has 3 rings (SSSR count). The van der Waals surface area contributed by atoms with Crippen LogP contribution in [-0.4, -0.2) is 9.97 Å². The van der Waals surface area contributed by atoms with Crippen molar-refractivity contribution in [1.29, 1.82) is 0 Å². The number of hydrogen-bond donors (Lipinski definition) is 0. The van der Waals surface area contributed by atoms with Gasteiger partial charge in [0, 0.05) is 10.5 Å². The van der Waals surface area contributed by atoms with Gasteiger partial charge in [0.2, 0.25) is 5.88 Å². The second-order valence-corrected chi connectivity index (χ2v) is 4.82. The van der Waals surface area contributed by atoms with Crippen molar-refractivity contribution in [3.8, 4) is 11.6 Å². The molecule has 3 aromatic rings. The lowest BCUT2D eigenvalue weighted by Gasteiger charge is -2.06. The number of ether oxygens (including phenoxy) is 1. The minimum atomic E-state index is -0.377. The first-order valence-electron chi connectivity index (χ1n) is 5.56.